The first kappa shape index (κ1) is 17.9. The van der Waals surface area contributed by atoms with Crippen LogP contribution in [0.25, 0.3) is 22.3 Å². The standard InChI is InChI=1S/C21H15F3N4/c22-21(23,24)16-7-3-5-14(11-16)12-26-20-17-8-1-2-9-18(17)27-19(28-20)15-6-4-10-25-13-15/h1-11,13H,12H2,(H,26,27,28). The maximum atomic E-state index is 12.9. The summed E-state index contributed by atoms with van der Waals surface area (Å²) in [5.41, 5.74) is 1.34. The minimum atomic E-state index is -4.37. The van der Waals surface area contributed by atoms with Gasteiger partial charge in [-0.25, -0.2) is 9.97 Å². The van der Waals surface area contributed by atoms with Gasteiger partial charge < -0.3 is 5.32 Å². The van der Waals surface area contributed by atoms with Crippen LogP contribution in [0.4, 0.5) is 19.0 Å². The van der Waals surface area contributed by atoms with Crippen molar-refractivity contribution < 1.29 is 13.2 Å². The van der Waals surface area contributed by atoms with E-state index in [-0.39, 0.29) is 6.54 Å². The van der Waals surface area contributed by atoms with E-state index in [1.165, 1.54) is 6.07 Å². The van der Waals surface area contributed by atoms with Gasteiger partial charge in [-0.2, -0.15) is 13.2 Å². The van der Waals surface area contributed by atoms with Crippen molar-refractivity contribution in [2.45, 2.75) is 12.7 Å². The smallest absolute Gasteiger partial charge is 0.365 e. The van der Waals surface area contributed by atoms with Crippen LogP contribution >= 0.6 is 0 Å². The molecule has 2 aromatic carbocycles. The summed E-state index contributed by atoms with van der Waals surface area (Å²) in [4.78, 5) is 13.2. The highest BCUT2D eigenvalue weighted by Gasteiger charge is 2.30. The van der Waals surface area contributed by atoms with Gasteiger partial charge in [0.15, 0.2) is 5.82 Å². The second kappa shape index (κ2) is 7.26. The fourth-order valence-electron chi connectivity index (χ4n) is 2.88. The minimum Gasteiger partial charge on any atom is -0.365 e. The number of nitrogens with zero attached hydrogens (tertiary/aromatic N) is 3. The van der Waals surface area contributed by atoms with Crippen molar-refractivity contribution in [2.75, 3.05) is 5.32 Å². The van der Waals surface area contributed by atoms with Crippen LogP contribution in [0.3, 0.4) is 0 Å². The summed E-state index contributed by atoms with van der Waals surface area (Å²) in [6, 6.07) is 16.4. The molecule has 0 saturated carbocycles. The number of halogens is 3. The summed E-state index contributed by atoms with van der Waals surface area (Å²) >= 11 is 0. The van der Waals surface area contributed by atoms with Crippen LogP contribution < -0.4 is 5.32 Å². The minimum absolute atomic E-state index is 0.206. The average Bonchev–Trinajstić information content (AvgIpc) is 2.72. The van der Waals surface area contributed by atoms with Gasteiger partial charge in [0.2, 0.25) is 0 Å². The lowest BCUT2D eigenvalue weighted by Gasteiger charge is -2.12. The van der Waals surface area contributed by atoms with Gasteiger partial charge in [0.05, 0.1) is 11.1 Å². The van der Waals surface area contributed by atoms with Gasteiger partial charge in [0, 0.05) is 29.9 Å². The van der Waals surface area contributed by atoms with E-state index in [0.29, 0.717) is 17.2 Å². The van der Waals surface area contributed by atoms with E-state index >= 15 is 0 Å². The highest BCUT2D eigenvalue weighted by atomic mass is 19.4. The maximum absolute atomic E-state index is 12.9. The monoisotopic (exact) mass is 380 g/mol. The average molecular weight is 380 g/mol. The van der Waals surface area contributed by atoms with Crippen LogP contribution in [0.1, 0.15) is 11.1 Å². The van der Waals surface area contributed by atoms with Crippen molar-refractivity contribution in [3.05, 3.63) is 84.2 Å². The quantitative estimate of drug-likeness (QED) is 0.520. The Morgan fingerprint density at radius 3 is 2.54 bits per heavy atom. The lowest BCUT2D eigenvalue weighted by Crippen LogP contribution is -2.08. The topological polar surface area (TPSA) is 50.7 Å². The summed E-state index contributed by atoms with van der Waals surface area (Å²) in [5, 5.41) is 3.95. The molecule has 0 unspecified atom stereocenters. The molecule has 2 heterocycles. The van der Waals surface area contributed by atoms with Crippen molar-refractivity contribution in [1.29, 1.82) is 0 Å². The van der Waals surface area contributed by atoms with Gasteiger partial charge in [0.1, 0.15) is 5.82 Å². The zero-order valence-corrected chi connectivity index (χ0v) is 14.6. The van der Waals surface area contributed by atoms with Crippen molar-refractivity contribution in [3.63, 3.8) is 0 Å². The summed E-state index contributed by atoms with van der Waals surface area (Å²) in [7, 11) is 0. The Kier molecular flexibility index (Phi) is 4.65. The van der Waals surface area contributed by atoms with Crippen molar-refractivity contribution >= 4 is 16.7 Å². The number of rotatable bonds is 4. The lowest BCUT2D eigenvalue weighted by molar-refractivity contribution is -0.137. The highest BCUT2D eigenvalue weighted by Crippen LogP contribution is 2.30. The predicted molar refractivity (Wildman–Crippen MR) is 102 cm³/mol. The number of fused-ring (bicyclic) bond motifs is 1. The number of hydrogen-bond donors (Lipinski definition) is 1. The summed E-state index contributed by atoms with van der Waals surface area (Å²) in [5.74, 6) is 1.06. The molecule has 0 aliphatic rings. The van der Waals surface area contributed by atoms with Gasteiger partial charge in [-0.05, 0) is 42.0 Å². The molecule has 4 aromatic rings. The molecule has 4 nitrogen and oxygen atoms in total. The molecule has 140 valence electrons. The summed E-state index contributed by atoms with van der Waals surface area (Å²) < 4.78 is 38.8. The fourth-order valence-corrected chi connectivity index (χ4v) is 2.88. The Bertz CT molecular complexity index is 1110. The highest BCUT2D eigenvalue weighted by molar-refractivity contribution is 5.90. The number of para-hydroxylation sites is 1. The van der Waals surface area contributed by atoms with E-state index in [2.05, 4.69) is 20.3 Å². The molecule has 4 rings (SSSR count). The SMILES string of the molecule is FC(F)(F)c1cccc(CNc2nc(-c3cccnc3)nc3ccccc23)c1. The molecule has 0 atom stereocenters. The fraction of sp³-hybridized carbons (Fsp3) is 0.0952. The molecule has 0 fully saturated rings. The Balaban J connectivity index is 1.69. The van der Waals surface area contributed by atoms with Gasteiger partial charge in [-0.1, -0.05) is 24.3 Å². The molecule has 2 aromatic heterocycles. The predicted octanol–water partition coefficient (Wildman–Crippen LogP) is 5.32. The largest absolute Gasteiger partial charge is 0.416 e. The zero-order chi connectivity index (χ0) is 19.6. The molecular weight excluding hydrogens is 365 g/mol. The van der Waals surface area contributed by atoms with E-state index in [1.54, 1.807) is 24.5 Å². The molecule has 1 N–H and O–H groups in total. The van der Waals surface area contributed by atoms with Crippen LogP contribution in [-0.2, 0) is 12.7 Å². The Hall–Kier alpha value is -3.48. The zero-order valence-electron chi connectivity index (χ0n) is 14.6. The number of hydrogen-bond acceptors (Lipinski definition) is 4. The summed E-state index contributed by atoms with van der Waals surface area (Å²) in [6.45, 7) is 0.206. The first-order chi connectivity index (χ1) is 13.5. The third kappa shape index (κ3) is 3.78. The van der Waals surface area contributed by atoms with Crippen LogP contribution in [0.15, 0.2) is 73.1 Å². The third-order valence-corrected chi connectivity index (χ3v) is 4.24. The molecule has 7 heteroatoms. The van der Waals surface area contributed by atoms with Crippen molar-refractivity contribution in [3.8, 4) is 11.4 Å². The molecule has 0 bridgehead atoms. The number of anilines is 1. The van der Waals surface area contributed by atoms with E-state index < -0.39 is 11.7 Å². The van der Waals surface area contributed by atoms with Crippen LogP contribution in [0.2, 0.25) is 0 Å². The van der Waals surface area contributed by atoms with E-state index in [4.69, 9.17) is 0 Å². The van der Waals surface area contributed by atoms with Crippen LogP contribution in [0.5, 0.6) is 0 Å². The molecule has 0 aliphatic heterocycles. The Labute approximate surface area is 159 Å². The van der Waals surface area contributed by atoms with Crippen molar-refractivity contribution in [1.82, 2.24) is 15.0 Å². The molecule has 0 saturated heterocycles. The maximum Gasteiger partial charge on any atom is 0.416 e. The Morgan fingerprint density at radius 1 is 0.893 bits per heavy atom. The molecule has 28 heavy (non-hydrogen) atoms. The number of benzene rings is 2. The first-order valence-corrected chi connectivity index (χ1v) is 8.58. The van der Waals surface area contributed by atoms with Gasteiger partial charge in [0.25, 0.3) is 0 Å². The van der Waals surface area contributed by atoms with E-state index in [9.17, 15) is 13.2 Å². The van der Waals surface area contributed by atoms with Crippen LogP contribution in [-0.4, -0.2) is 15.0 Å². The molecule has 0 amide bonds. The number of pyridine rings is 1. The molecule has 0 aliphatic carbocycles. The Morgan fingerprint density at radius 2 is 1.75 bits per heavy atom. The second-order valence-electron chi connectivity index (χ2n) is 6.21. The molecule has 0 radical (unpaired) electrons. The van der Waals surface area contributed by atoms with Crippen LogP contribution in [0, 0.1) is 0 Å². The number of aromatic nitrogens is 3. The third-order valence-electron chi connectivity index (χ3n) is 4.24. The number of nitrogens with one attached hydrogen (secondary N) is 1. The molecule has 0 spiro atoms. The van der Waals surface area contributed by atoms with E-state index in [1.807, 2.05) is 30.3 Å². The second-order valence-corrected chi connectivity index (χ2v) is 6.21. The summed E-state index contributed by atoms with van der Waals surface area (Å²) in [6.07, 6.45) is -1.04. The van der Waals surface area contributed by atoms with Gasteiger partial charge >= 0.3 is 6.18 Å². The lowest BCUT2D eigenvalue weighted by atomic mass is 10.1. The number of alkyl halides is 3. The normalized spacial score (nSPS) is 11.5. The first-order valence-electron chi connectivity index (χ1n) is 8.58. The molecular formula is C21H15F3N4. The van der Waals surface area contributed by atoms with Crippen molar-refractivity contribution in [2.24, 2.45) is 0 Å². The van der Waals surface area contributed by atoms with Gasteiger partial charge in [-0.15, -0.1) is 0 Å². The van der Waals surface area contributed by atoms with Gasteiger partial charge in [-0.3, -0.25) is 4.98 Å². The van der Waals surface area contributed by atoms with E-state index in [0.717, 1.165) is 28.6 Å².